The lowest BCUT2D eigenvalue weighted by Crippen LogP contribution is -2.26. The lowest BCUT2D eigenvalue weighted by Gasteiger charge is -2.18. The van der Waals surface area contributed by atoms with E-state index in [1.807, 2.05) is 0 Å². The first-order valence-corrected chi connectivity index (χ1v) is 7.73. The van der Waals surface area contributed by atoms with Crippen molar-refractivity contribution < 1.29 is 4.74 Å². The van der Waals surface area contributed by atoms with Crippen LogP contribution in [0, 0.1) is 5.92 Å². The Labute approximate surface area is 117 Å². The van der Waals surface area contributed by atoms with Gasteiger partial charge in [0.25, 0.3) is 0 Å². The van der Waals surface area contributed by atoms with Crippen molar-refractivity contribution in [2.75, 3.05) is 19.8 Å². The van der Waals surface area contributed by atoms with E-state index in [1.165, 1.54) is 37.7 Å². The molecule has 0 amide bonds. The highest BCUT2D eigenvalue weighted by molar-refractivity contribution is 5.15. The van der Waals surface area contributed by atoms with Crippen LogP contribution in [0.2, 0.25) is 0 Å². The van der Waals surface area contributed by atoms with Gasteiger partial charge in [-0.25, -0.2) is 0 Å². The van der Waals surface area contributed by atoms with Crippen molar-refractivity contribution in [2.24, 2.45) is 5.92 Å². The second-order valence-electron chi connectivity index (χ2n) is 5.58. The Morgan fingerprint density at radius 2 is 2.05 bits per heavy atom. The molecule has 1 aromatic carbocycles. The van der Waals surface area contributed by atoms with E-state index < -0.39 is 0 Å². The van der Waals surface area contributed by atoms with Crippen LogP contribution in [0.25, 0.3) is 0 Å². The van der Waals surface area contributed by atoms with Gasteiger partial charge in [0.05, 0.1) is 0 Å². The third-order valence-electron chi connectivity index (χ3n) is 3.74. The maximum atomic E-state index is 5.45. The van der Waals surface area contributed by atoms with Crippen LogP contribution in [0.3, 0.4) is 0 Å². The molecule has 1 N–H and O–H groups in total. The number of nitrogens with one attached hydrogen (secondary N) is 1. The molecule has 0 aliphatic heterocycles. The van der Waals surface area contributed by atoms with Gasteiger partial charge in [-0.3, -0.25) is 0 Å². The van der Waals surface area contributed by atoms with Crippen molar-refractivity contribution >= 4 is 0 Å². The summed E-state index contributed by atoms with van der Waals surface area (Å²) in [6, 6.07) is 11.7. The van der Waals surface area contributed by atoms with Crippen LogP contribution in [-0.4, -0.2) is 25.8 Å². The second-order valence-corrected chi connectivity index (χ2v) is 5.58. The normalized spacial score (nSPS) is 16.5. The molecule has 1 fully saturated rings. The van der Waals surface area contributed by atoms with Crippen LogP contribution in [0.4, 0.5) is 0 Å². The SMILES string of the molecule is CCOCCCC(CNC1CC1)Cc1ccccc1. The van der Waals surface area contributed by atoms with Crippen LogP contribution in [0.1, 0.15) is 38.2 Å². The number of hydrogen-bond donors (Lipinski definition) is 1. The Kier molecular flexibility index (Phi) is 6.38. The van der Waals surface area contributed by atoms with Gasteiger partial charge in [0, 0.05) is 19.3 Å². The molecule has 0 saturated heterocycles. The Balaban J connectivity index is 1.74. The summed E-state index contributed by atoms with van der Waals surface area (Å²) in [7, 11) is 0. The summed E-state index contributed by atoms with van der Waals surface area (Å²) < 4.78 is 5.45. The lowest BCUT2D eigenvalue weighted by atomic mass is 9.94. The number of rotatable bonds is 10. The van der Waals surface area contributed by atoms with Gasteiger partial charge in [-0.15, -0.1) is 0 Å². The minimum atomic E-state index is 0.739. The van der Waals surface area contributed by atoms with E-state index in [-0.39, 0.29) is 0 Å². The smallest absolute Gasteiger partial charge is 0.0466 e. The zero-order valence-corrected chi connectivity index (χ0v) is 12.1. The summed E-state index contributed by atoms with van der Waals surface area (Å²) >= 11 is 0. The molecular formula is C17H27NO. The lowest BCUT2D eigenvalue weighted by molar-refractivity contribution is 0.139. The fraction of sp³-hybridized carbons (Fsp3) is 0.647. The van der Waals surface area contributed by atoms with Crippen LogP contribution in [-0.2, 0) is 11.2 Å². The summed E-state index contributed by atoms with van der Waals surface area (Å²) in [5.74, 6) is 0.739. The molecule has 0 radical (unpaired) electrons. The summed E-state index contributed by atoms with van der Waals surface area (Å²) in [5, 5.41) is 3.68. The fourth-order valence-electron chi connectivity index (χ4n) is 2.46. The summed E-state index contributed by atoms with van der Waals surface area (Å²) in [6.07, 6.45) is 6.37. The highest BCUT2D eigenvalue weighted by Gasteiger charge is 2.21. The molecule has 1 aliphatic rings. The van der Waals surface area contributed by atoms with Crippen molar-refractivity contribution in [1.82, 2.24) is 5.32 Å². The zero-order valence-electron chi connectivity index (χ0n) is 12.1. The van der Waals surface area contributed by atoms with Gasteiger partial charge in [0.1, 0.15) is 0 Å². The van der Waals surface area contributed by atoms with Gasteiger partial charge < -0.3 is 10.1 Å². The first kappa shape index (κ1) is 14.5. The largest absolute Gasteiger partial charge is 0.382 e. The van der Waals surface area contributed by atoms with Gasteiger partial charge in [0.15, 0.2) is 0 Å². The predicted octanol–water partition coefficient (Wildman–Crippen LogP) is 3.41. The molecule has 1 aromatic rings. The second kappa shape index (κ2) is 8.34. The molecule has 0 spiro atoms. The van der Waals surface area contributed by atoms with E-state index in [9.17, 15) is 0 Å². The molecule has 0 aromatic heterocycles. The van der Waals surface area contributed by atoms with E-state index in [2.05, 4.69) is 42.6 Å². The Hall–Kier alpha value is -0.860. The standard InChI is InChI=1S/C17H27NO/c1-2-19-12-6-9-16(14-18-17-10-11-17)13-15-7-4-3-5-8-15/h3-5,7-8,16-18H,2,6,9-14H2,1H3. The topological polar surface area (TPSA) is 21.3 Å². The third kappa shape index (κ3) is 6.22. The number of hydrogen-bond acceptors (Lipinski definition) is 2. The molecule has 0 heterocycles. The van der Waals surface area contributed by atoms with Gasteiger partial charge in [-0.2, -0.15) is 0 Å². The minimum absolute atomic E-state index is 0.739. The molecule has 2 nitrogen and oxygen atoms in total. The van der Waals surface area contributed by atoms with Crippen molar-refractivity contribution in [3.8, 4) is 0 Å². The first-order chi connectivity index (χ1) is 9.38. The highest BCUT2D eigenvalue weighted by atomic mass is 16.5. The van der Waals surface area contributed by atoms with Crippen molar-refractivity contribution in [3.63, 3.8) is 0 Å². The molecule has 1 atom stereocenters. The van der Waals surface area contributed by atoms with Crippen molar-refractivity contribution in [1.29, 1.82) is 0 Å². The van der Waals surface area contributed by atoms with Gasteiger partial charge in [0.2, 0.25) is 0 Å². The highest BCUT2D eigenvalue weighted by Crippen LogP contribution is 2.20. The maximum absolute atomic E-state index is 5.45. The summed E-state index contributed by atoms with van der Waals surface area (Å²) in [4.78, 5) is 0. The van der Waals surface area contributed by atoms with Gasteiger partial charge in [-0.1, -0.05) is 30.3 Å². The molecular weight excluding hydrogens is 234 g/mol. The van der Waals surface area contributed by atoms with E-state index in [1.54, 1.807) is 0 Å². The molecule has 1 unspecified atom stereocenters. The van der Waals surface area contributed by atoms with Crippen LogP contribution in [0.15, 0.2) is 30.3 Å². The molecule has 2 heteroatoms. The molecule has 0 bridgehead atoms. The van der Waals surface area contributed by atoms with Crippen LogP contribution < -0.4 is 5.32 Å². The monoisotopic (exact) mass is 261 g/mol. The first-order valence-electron chi connectivity index (χ1n) is 7.73. The molecule has 1 aliphatic carbocycles. The van der Waals surface area contributed by atoms with Crippen molar-refractivity contribution in [3.05, 3.63) is 35.9 Å². The van der Waals surface area contributed by atoms with E-state index in [4.69, 9.17) is 4.74 Å². The van der Waals surface area contributed by atoms with E-state index >= 15 is 0 Å². The number of ether oxygens (including phenoxy) is 1. The number of benzene rings is 1. The maximum Gasteiger partial charge on any atom is 0.0466 e. The van der Waals surface area contributed by atoms with E-state index in [0.717, 1.165) is 31.7 Å². The van der Waals surface area contributed by atoms with Gasteiger partial charge in [-0.05, 0) is 57.1 Å². The summed E-state index contributed by atoms with van der Waals surface area (Å²) in [6.45, 7) is 4.97. The summed E-state index contributed by atoms with van der Waals surface area (Å²) in [5.41, 5.74) is 1.46. The Morgan fingerprint density at radius 3 is 2.74 bits per heavy atom. The van der Waals surface area contributed by atoms with Crippen LogP contribution in [0.5, 0.6) is 0 Å². The Morgan fingerprint density at radius 1 is 1.26 bits per heavy atom. The Bertz CT molecular complexity index is 334. The average molecular weight is 261 g/mol. The van der Waals surface area contributed by atoms with Crippen LogP contribution >= 0.6 is 0 Å². The van der Waals surface area contributed by atoms with Gasteiger partial charge >= 0.3 is 0 Å². The quantitative estimate of drug-likeness (QED) is 0.652. The molecule has 19 heavy (non-hydrogen) atoms. The molecule has 1 saturated carbocycles. The zero-order chi connectivity index (χ0) is 13.3. The fourth-order valence-corrected chi connectivity index (χ4v) is 2.46. The predicted molar refractivity (Wildman–Crippen MR) is 80.4 cm³/mol. The third-order valence-corrected chi connectivity index (χ3v) is 3.74. The van der Waals surface area contributed by atoms with Crippen molar-refractivity contribution in [2.45, 2.75) is 45.1 Å². The van der Waals surface area contributed by atoms with E-state index in [0.29, 0.717) is 0 Å². The average Bonchev–Trinajstić information content (AvgIpc) is 3.26. The molecule has 106 valence electrons. The molecule has 2 rings (SSSR count). The minimum Gasteiger partial charge on any atom is -0.382 e.